The lowest BCUT2D eigenvalue weighted by molar-refractivity contribution is -0.135. The molecule has 0 spiro atoms. The normalized spacial score (nSPS) is 15.3. The van der Waals surface area contributed by atoms with Gasteiger partial charge in [-0.05, 0) is 38.8 Å². The van der Waals surface area contributed by atoms with Crippen LogP contribution < -0.4 is 5.32 Å². The summed E-state index contributed by atoms with van der Waals surface area (Å²) in [7, 11) is 1.66. The fraction of sp³-hybridized carbons (Fsp3) is 0.800. The summed E-state index contributed by atoms with van der Waals surface area (Å²) < 4.78 is 10.6. The van der Waals surface area contributed by atoms with Gasteiger partial charge in [0.1, 0.15) is 11.6 Å². The van der Waals surface area contributed by atoms with Crippen molar-refractivity contribution in [3.05, 3.63) is 5.82 Å². The first-order valence-corrected chi connectivity index (χ1v) is 11.0. The van der Waals surface area contributed by atoms with Gasteiger partial charge in [0.2, 0.25) is 5.91 Å². The lowest BCUT2D eigenvalue weighted by atomic mass is 10.1. The van der Waals surface area contributed by atoms with Crippen LogP contribution in [0, 0.1) is 0 Å². The summed E-state index contributed by atoms with van der Waals surface area (Å²) >= 11 is 0. The molecular formula is C20H35N7O5. The van der Waals surface area contributed by atoms with Crippen molar-refractivity contribution in [2.45, 2.75) is 65.0 Å². The summed E-state index contributed by atoms with van der Waals surface area (Å²) in [4.78, 5) is 42.2. The summed E-state index contributed by atoms with van der Waals surface area (Å²) in [6, 6.07) is -0.809. The average molecular weight is 454 g/mol. The van der Waals surface area contributed by atoms with E-state index in [2.05, 4.69) is 20.7 Å². The van der Waals surface area contributed by atoms with Gasteiger partial charge in [0.05, 0.1) is 13.7 Å². The predicted octanol–water partition coefficient (Wildman–Crippen LogP) is 1.12. The third kappa shape index (κ3) is 8.31. The quantitative estimate of drug-likeness (QED) is 0.579. The van der Waals surface area contributed by atoms with Crippen LogP contribution in [0.15, 0.2) is 0 Å². The average Bonchev–Trinajstić information content (AvgIpc) is 3.14. The van der Waals surface area contributed by atoms with Gasteiger partial charge in [0.25, 0.3) is 0 Å². The number of nitrogens with one attached hydrogen (secondary N) is 1. The number of carbonyl (C=O) groups excluding carboxylic acids is 3. The molecule has 0 aliphatic carbocycles. The van der Waals surface area contributed by atoms with E-state index < -0.39 is 17.7 Å². The van der Waals surface area contributed by atoms with Gasteiger partial charge >= 0.3 is 12.2 Å². The van der Waals surface area contributed by atoms with Gasteiger partial charge in [0, 0.05) is 32.6 Å². The summed E-state index contributed by atoms with van der Waals surface area (Å²) in [5, 5.41) is 14.5. The lowest BCUT2D eigenvalue weighted by Gasteiger charge is -2.36. The van der Waals surface area contributed by atoms with Crippen LogP contribution in [0.2, 0.25) is 0 Å². The summed E-state index contributed by atoms with van der Waals surface area (Å²) in [5.74, 6) is 0.245. The SMILES string of the molecule is CCCCOC(=O)N1CCN(C(=O)C(CCc2nnn(C)n2)NC(=O)OC(C)(C)C)CC1. The van der Waals surface area contributed by atoms with Crippen LogP contribution in [-0.2, 0) is 27.7 Å². The van der Waals surface area contributed by atoms with Gasteiger partial charge in [-0.25, -0.2) is 9.59 Å². The standard InChI is InChI=1S/C20H35N7O5/c1-6-7-14-31-19(30)27-12-10-26(11-13-27)17(28)15(21-18(29)32-20(2,3)4)8-9-16-22-24-25(5)23-16/h15H,6-14H2,1-5H3,(H,21,29). The molecule has 32 heavy (non-hydrogen) atoms. The van der Waals surface area contributed by atoms with Gasteiger partial charge in [-0.3, -0.25) is 4.79 Å². The molecule has 0 radical (unpaired) electrons. The van der Waals surface area contributed by atoms with Crippen molar-refractivity contribution in [1.29, 1.82) is 0 Å². The molecule has 0 saturated carbocycles. The zero-order valence-corrected chi connectivity index (χ0v) is 19.7. The maximum absolute atomic E-state index is 13.2. The summed E-state index contributed by atoms with van der Waals surface area (Å²) in [6.45, 7) is 9.16. The van der Waals surface area contributed by atoms with Crippen molar-refractivity contribution in [3.63, 3.8) is 0 Å². The van der Waals surface area contributed by atoms with Crippen molar-refractivity contribution < 1.29 is 23.9 Å². The molecule has 1 unspecified atom stereocenters. The number of piperazine rings is 1. The van der Waals surface area contributed by atoms with E-state index in [0.717, 1.165) is 12.8 Å². The molecule has 1 aliphatic heterocycles. The highest BCUT2D eigenvalue weighted by atomic mass is 16.6. The Kier molecular flexibility index (Phi) is 9.21. The fourth-order valence-corrected chi connectivity index (χ4v) is 3.13. The minimum absolute atomic E-state index is 0.237. The molecule has 2 heterocycles. The largest absolute Gasteiger partial charge is 0.449 e. The van der Waals surface area contributed by atoms with Crippen LogP contribution in [0.4, 0.5) is 9.59 Å². The van der Waals surface area contributed by atoms with Crippen LogP contribution in [0.25, 0.3) is 0 Å². The molecule has 1 aromatic rings. The number of ether oxygens (including phenoxy) is 2. The molecular weight excluding hydrogens is 418 g/mol. The number of nitrogens with zero attached hydrogens (tertiary/aromatic N) is 6. The second-order valence-electron chi connectivity index (χ2n) is 8.71. The zero-order chi connectivity index (χ0) is 23.7. The van der Waals surface area contributed by atoms with E-state index in [4.69, 9.17) is 9.47 Å². The number of hydrogen-bond acceptors (Lipinski definition) is 8. The second kappa shape index (κ2) is 11.6. The maximum atomic E-state index is 13.2. The topological polar surface area (TPSA) is 132 Å². The lowest BCUT2D eigenvalue weighted by Crippen LogP contribution is -2.56. The molecule has 12 heteroatoms. The monoisotopic (exact) mass is 453 g/mol. The number of hydrogen-bond donors (Lipinski definition) is 1. The van der Waals surface area contributed by atoms with E-state index in [1.165, 1.54) is 4.80 Å². The molecule has 1 aromatic heterocycles. The van der Waals surface area contributed by atoms with Gasteiger partial charge in [-0.1, -0.05) is 13.3 Å². The number of tetrazole rings is 1. The molecule has 1 aliphatic rings. The minimum atomic E-state index is -0.809. The van der Waals surface area contributed by atoms with Crippen LogP contribution in [0.1, 0.15) is 52.8 Å². The van der Waals surface area contributed by atoms with Crippen LogP contribution in [-0.4, -0.2) is 92.5 Å². The van der Waals surface area contributed by atoms with Crippen molar-refractivity contribution in [1.82, 2.24) is 35.3 Å². The fourth-order valence-electron chi connectivity index (χ4n) is 3.13. The third-order valence-electron chi connectivity index (χ3n) is 4.77. The highest BCUT2D eigenvalue weighted by molar-refractivity contribution is 5.86. The Labute approximate surface area is 188 Å². The predicted molar refractivity (Wildman–Crippen MR) is 115 cm³/mol. The third-order valence-corrected chi connectivity index (χ3v) is 4.77. The van der Waals surface area contributed by atoms with Crippen molar-refractivity contribution in [3.8, 4) is 0 Å². The van der Waals surface area contributed by atoms with E-state index >= 15 is 0 Å². The molecule has 180 valence electrons. The van der Waals surface area contributed by atoms with E-state index in [1.807, 2.05) is 6.92 Å². The first kappa shape index (κ1) is 25.3. The van der Waals surface area contributed by atoms with Gasteiger partial charge in [0.15, 0.2) is 5.82 Å². The Morgan fingerprint density at radius 3 is 2.34 bits per heavy atom. The molecule has 1 N–H and O–H groups in total. The molecule has 2 rings (SSSR count). The number of rotatable bonds is 8. The van der Waals surface area contributed by atoms with Crippen LogP contribution >= 0.6 is 0 Å². The van der Waals surface area contributed by atoms with Gasteiger partial charge in [-0.15, -0.1) is 10.2 Å². The molecule has 3 amide bonds. The summed E-state index contributed by atoms with van der Waals surface area (Å²) in [5.41, 5.74) is -0.687. The van der Waals surface area contributed by atoms with Crippen molar-refractivity contribution in [2.24, 2.45) is 7.05 Å². The number of aryl methyl sites for hydroxylation is 2. The molecule has 1 saturated heterocycles. The number of alkyl carbamates (subject to hydrolysis) is 1. The Morgan fingerprint density at radius 1 is 1.12 bits per heavy atom. The number of amides is 3. The molecule has 0 aromatic carbocycles. The van der Waals surface area contributed by atoms with Crippen LogP contribution in [0.5, 0.6) is 0 Å². The van der Waals surface area contributed by atoms with E-state index in [1.54, 1.807) is 37.6 Å². The second-order valence-corrected chi connectivity index (χ2v) is 8.71. The number of unbranched alkanes of at least 4 members (excludes halogenated alkanes) is 1. The molecule has 1 fully saturated rings. The molecule has 12 nitrogen and oxygen atoms in total. The highest BCUT2D eigenvalue weighted by Crippen LogP contribution is 2.12. The maximum Gasteiger partial charge on any atom is 0.409 e. The Hall–Kier alpha value is -2.92. The Morgan fingerprint density at radius 2 is 1.78 bits per heavy atom. The zero-order valence-electron chi connectivity index (χ0n) is 19.7. The highest BCUT2D eigenvalue weighted by Gasteiger charge is 2.31. The number of aromatic nitrogens is 4. The minimum Gasteiger partial charge on any atom is -0.449 e. The number of carbonyl (C=O) groups is 3. The van der Waals surface area contributed by atoms with E-state index in [-0.39, 0.29) is 12.0 Å². The summed E-state index contributed by atoms with van der Waals surface area (Å²) in [6.07, 6.45) is 1.41. The van der Waals surface area contributed by atoms with Crippen molar-refractivity contribution >= 4 is 18.1 Å². The first-order valence-electron chi connectivity index (χ1n) is 11.0. The van der Waals surface area contributed by atoms with Crippen molar-refractivity contribution in [2.75, 3.05) is 32.8 Å². The van der Waals surface area contributed by atoms with Gasteiger partial charge in [-0.2, -0.15) is 4.80 Å². The smallest absolute Gasteiger partial charge is 0.409 e. The van der Waals surface area contributed by atoms with Gasteiger partial charge < -0.3 is 24.6 Å². The Balaban J connectivity index is 1.95. The first-order chi connectivity index (χ1) is 15.1. The Bertz CT molecular complexity index is 769. The van der Waals surface area contributed by atoms with E-state index in [9.17, 15) is 14.4 Å². The van der Waals surface area contributed by atoms with Crippen LogP contribution in [0.3, 0.4) is 0 Å². The molecule has 0 bridgehead atoms. The molecule has 1 atom stereocenters. The van der Waals surface area contributed by atoms with E-state index in [0.29, 0.717) is 51.5 Å².